The summed E-state index contributed by atoms with van der Waals surface area (Å²) in [6.45, 7) is 4.18. The molecule has 1 aliphatic carbocycles. The zero-order chi connectivity index (χ0) is 20.4. The van der Waals surface area contributed by atoms with Crippen molar-refractivity contribution in [1.82, 2.24) is 9.13 Å². The molecular weight excluding hydrogens is 378 g/mol. The first-order valence-electron chi connectivity index (χ1n) is 9.21. The smallest absolute Gasteiger partial charge is 0.417 e. The Balaban J connectivity index is 2.12. The lowest BCUT2D eigenvalue weighted by Crippen LogP contribution is -2.74. The first-order chi connectivity index (χ1) is 13.1. The van der Waals surface area contributed by atoms with E-state index in [0.29, 0.717) is 29.2 Å². The highest BCUT2D eigenvalue weighted by molar-refractivity contribution is 6.30. The highest BCUT2D eigenvalue weighted by Gasteiger charge is 2.44. The van der Waals surface area contributed by atoms with Crippen LogP contribution in [0.25, 0.3) is 0 Å². The van der Waals surface area contributed by atoms with Gasteiger partial charge in [-0.15, -0.1) is 0 Å². The summed E-state index contributed by atoms with van der Waals surface area (Å²) in [6, 6.07) is 7.28. The third kappa shape index (κ3) is 2.75. The molecule has 0 radical (unpaired) electrons. The van der Waals surface area contributed by atoms with Crippen molar-refractivity contribution in [2.45, 2.75) is 32.6 Å². The number of benzene rings is 1. The average molecular weight is 401 g/mol. The predicted octanol–water partition coefficient (Wildman–Crippen LogP) is 1.67. The number of hydrogen-bond donors (Lipinski definition) is 2. The molecular formula is C21H23ClN3O3+. The number of allylic oxidation sites excluding steroid dienone is 2. The summed E-state index contributed by atoms with van der Waals surface area (Å²) in [7, 11) is 3.12. The van der Waals surface area contributed by atoms with Crippen LogP contribution in [0.15, 0.2) is 45.2 Å². The minimum Gasteiger partial charge on any atom is -0.512 e. The van der Waals surface area contributed by atoms with Gasteiger partial charge in [-0.1, -0.05) is 37.6 Å². The first-order valence-corrected chi connectivity index (χ1v) is 9.59. The summed E-state index contributed by atoms with van der Waals surface area (Å²) >= 11 is 6.07. The molecule has 2 aliphatic rings. The average Bonchev–Trinajstić information content (AvgIpc) is 2.63. The van der Waals surface area contributed by atoms with Crippen LogP contribution in [0.3, 0.4) is 0 Å². The van der Waals surface area contributed by atoms with E-state index in [-0.39, 0.29) is 16.7 Å². The van der Waals surface area contributed by atoms with E-state index >= 15 is 0 Å². The van der Waals surface area contributed by atoms with Crippen LogP contribution in [0.5, 0.6) is 0 Å². The van der Waals surface area contributed by atoms with Gasteiger partial charge in [0.1, 0.15) is 17.0 Å². The largest absolute Gasteiger partial charge is 0.512 e. The summed E-state index contributed by atoms with van der Waals surface area (Å²) in [5, 5.41) is 11.5. The molecule has 0 saturated heterocycles. The van der Waals surface area contributed by atoms with Crippen LogP contribution in [-0.4, -0.2) is 20.0 Å². The van der Waals surface area contributed by atoms with Crippen molar-refractivity contribution < 1.29 is 10.1 Å². The van der Waals surface area contributed by atoms with E-state index in [1.165, 1.54) is 11.6 Å². The number of rotatable bonds is 1. The number of halogens is 1. The number of nitrogens with one attached hydrogen (secondary N) is 1. The van der Waals surface area contributed by atoms with Gasteiger partial charge in [-0.3, -0.25) is 4.79 Å². The lowest BCUT2D eigenvalue weighted by Gasteiger charge is -2.35. The quantitative estimate of drug-likeness (QED) is 0.764. The Morgan fingerprint density at radius 1 is 1.11 bits per heavy atom. The predicted molar refractivity (Wildman–Crippen MR) is 109 cm³/mol. The maximum atomic E-state index is 13.1. The molecule has 0 amide bonds. The van der Waals surface area contributed by atoms with Gasteiger partial charge in [0, 0.05) is 30.5 Å². The monoisotopic (exact) mass is 400 g/mol. The van der Waals surface area contributed by atoms with Crippen molar-refractivity contribution in [3.63, 3.8) is 0 Å². The Kier molecular flexibility index (Phi) is 4.16. The Hall–Kier alpha value is -2.60. The summed E-state index contributed by atoms with van der Waals surface area (Å²) in [4.78, 5) is 28.9. The molecule has 1 aromatic heterocycles. The van der Waals surface area contributed by atoms with Crippen molar-refractivity contribution in [2.24, 2.45) is 19.5 Å². The fourth-order valence-electron chi connectivity index (χ4n) is 4.37. The van der Waals surface area contributed by atoms with Crippen LogP contribution in [0.1, 0.15) is 43.7 Å². The van der Waals surface area contributed by atoms with Gasteiger partial charge in [0.05, 0.1) is 13.0 Å². The second-order valence-corrected chi connectivity index (χ2v) is 8.87. The third-order valence-electron chi connectivity index (χ3n) is 5.69. The van der Waals surface area contributed by atoms with E-state index in [1.54, 1.807) is 19.2 Å². The highest BCUT2D eigenvalue weighted by Crippen LogP contribution is 2.44. The number of hydrogen-bond acceptors (Lipinski definition) is 3. The number of aromatic nitrogens is 2. The van der Waals surface area contributed by atoms with Crippen LogP contribution < -0.4 is 16.2 Å². The van der Waals surface area contributed by atoms with E-state index in [2.05, 4.69) is 18.8 Å². The van der Waals surface area contributed by atoms with E-state index in [0.717, 1.165) is 21.4 Å². The fraction of sp³-hybridized carbons (Fsp3) is 0.381. The van der Waals surface area contributed by atoms with Gasteiger partial charge in [0.2, 0.25) is 0 Å². The van der Waals surface area contributed by atoms with Crippen LogP contribution in [0, 0.1) is 5.41 Å². The van der Waals surface area contributed by atoms with Gasteiger partial charge in [0.25, 0.3) is 11.4 Å². The first kappa shape index (κ1) is 18.7. The van der Waals surface area contributed by atoms with Crippen molar-refractivity contribution >= 4 is 23.1 Å². The third-order valence-corrected chi connectivity index (χ3v) is 5.94. The molecule has 0 spiro atoms. The Morgan fingerprint density at radius 2 is 1.75 bits per heavy atom. The summed E-state index contributed by atoms with van der Waals surface area (Å²) in [5.41, 5.74) is 2.00. The van der Waals surface area contributed by atoms with Gasteiger partial charge in [-0.25, -0.2) is 14.4 Å². The van der Waals surface area contributed by atoms with Gasteiger partial charge in [-0.05, 0) is 23.1 Å². The molecule has 0 bridgehead atoms. The Bertz CT molecular complexity index is 1170. The van der Waals surface area contributed by atoms with Crippen molar-refractivity contribution in [3.05, 3.63) is 72.6 Å². The highest BCUT2D eigenvalue weighted by atomic mass is 35.5. The molecule has 7 heteroatoms. The zero-order valence-corrected chi connectivity index (χ0v) is 17.1. The standard InChI is InChI=1S/C21H22ClN3O3/c1-21(2)9-13-16(14(26)10-21)15(11-5-7-12(22)8-6-11)17-18(23-13)24(3)20(28)25(4)19(17)27/h5-8,15,26H,9-10H2,1-4H3/p+1. The lowest BCUT2D eigenvalue weighted by molar-refractivity contribution is -0.367. The minimum absolute atomic E-state index is 0.128. The normalized spacial score (nSPS) is 20.5. The molecule has 0 fully saturated rings. The molecule has 146 valence electrons. The number of aliphatic hydroxyl groups excluding tert-OH is 1. The summed E-state index contributed by atoms with van der Waals surface area (Å²) in [6.07, 6.45) is 1.23. The van der Waals surface area contributed by atoms with Gasteiger partial charge < -0.3 is 5.11 Å². The molecule has 2 heterocycles. The molecule has 28 heavy (non-hydrogen) atoms. The van der Waals surface area contributed by atoms with Crippen molar-refractivity contribution in [3.8, 4) is 0 Å². The molecule has 1 atom stereocenters. The lowest BCUT2D eigenvalue weighted by atomic mass is 9.69. The van der Waals surface area contributed by atoms with Crippen LogP contribution in [-0.2, 0) is 14.1 Å². The number of aliphatic hydroxyl groups is 1. The maximum absolute atomic E-state index is 13.1. The molecule has 1 aliphatic heterocycles. The molecule has 4 rings (SSSR count). The fourth-order valence-corrected chi connectivity index (χ4v) is 4.49. The van der Waals surface area contributed by atoms with Crippen LogP contribution in [0.4, 0.5) is 5.82 Å². The maximum Gasteiger partial charge on any atom is 0.417 e. The Morgan fingerprint density at radius 3 is 2.39 bits per heavy atom. The van der Waals surface area contributed by atoms with Crippen LogP contribution in [0.2, 0.25) is 5.02 Å². The molecule has 0 saturated carbocycles. The molecule has 1 aromatic carbocycles. The molecule has 2 N–H and O–H groups in total. The summed E-state index contributed by atoms with van der Waals surface area (Å²) < 4.78 is 2.57. The topological polar surface area (TPSA) is 78.2 Å². The van der Waals surface area contributed by atoms with Crippen molar-refractivity contribution in [1.29, 1.82) is 0 Å². The van der Waals surface area contributed by atoms with Crippen molar-refractivity contribution in [2.75, 3.05) is 0 Å². The van der Waals surface area contributed by atoms with Crippen LogP contribution >= 0.6 is 11.6 Å². The van der Waals surface area contributed by atoms with E-state index < -0.39 is 11.6 Å². The Labute approximate surface area is 167 Å². The SMILES string of the molecule is Cn1c2c(c(=O)n(C)c1=O)C(c1ccc(Cl)cc1)C1=C(O)CC(C)(C)CC1=[NH+]2. The molecule has 6 nitrogen and oxygen atoms in total. The minimum atomic E-state index is -0.467. The van der Waals surface area contributed by atoms with Gasteiger partial charge >= 0.3 is 5.69 Å². The molecule has 1 unspecified atom stereocenters. The zero-order valence-electron chi connectivity index (χ0n) is 16.3. The number of fused-ring (bicyclic) bond motifs is 2. The second-order valence-electron chi connectivity index (χ2n) is 8.43. The van der Waals surface area contributed by atoms with E-state index in [4.69, 9.17) is 11.6 Å². The molecule has 2 aromatic rings. The van der Waals surface area contributed by atoms with Gasteiger partial charge in [0.15, 0.2) is 0 Å². The van der Waals surface area contributed by atoms with E-state index in [9.17, 15) is 14.7 Å². The second kappa shape index (κ2) is 6.21. The van der Waals surface area contributed by atoms with Gasteiger partial charge in [-0.2, -0.15) is 4.57 Å². The number of nitrogens with zero attached hydrogens (tertiary/aromatic N) is 2. The van der Waals surface area contributed by atoms with E-state index in [1.807, 2.05) is 12.1 Å². The summed E-state index contributed by atoms with van der Waals surface area (Å²) in [5.74, 6) is 0.294.